The first-order valence-corrected chi connectivity index (χ1v) is 30.5. The third-order valence-corrected chi connectivity index (χ3v) is 13.5. The lowest BCUT2D eigenvalue weighted by molar-refractivity contribution is -0.141. The van der Waals surface area contributed by atoms with Gasteiger partial charge in [0.15, 0.2) is 0 Å². The number of hydrogen-bond donors (Lipinski definition) is 12. The van der Waals surface area contributed by atoms with Crippen LogP contribution in [0, 0.1) is 0 Å². The normalized spacial score (nSPS) is 11.1. The third kappa shape index (κ3) is 49.0. The van der Waals surface area contributed by atoms with Gasteiger partial charge in [-0.2, -0.15) is 0 Å². The van der Waals surface area contributed by atoms with Crippen LogP contribution in [-0.4, -0.2) is 193 Å². The van der Waals surface area contributed by atoms with Crippen LogP contribution in [0.3, 0.4) is 0 Å². The molecule has 78 heavy (non-hydrogen) atoms. The van der Waals surface area contributed by atoms with Gasteiger partial charge in [-0.3, -0.25) is 33.6 Å². The van der Waals surface area contributed by atoms with Gasteiger partial charge in [-0.25, -0.2) is 0 Å². The number of primary amides is 1. The van der Waals surface area contributed by atoms with Gasteiger partial charge in [0.25, 0.3) is 0 Å². The van der Waals surface area contributed by atoms with Crippen molar-refractivity contribution < 1.29 is 33.6 Å². The Hall–Kier alpha value is -4.03. The Bertz CT molecular complexity index is 1500. The average molecular weight is 1110 g/mol. The third-order valence-electron chi connectivity index (χ3n) is 13.5. The molecule has 0 heterocycles. The molecule has 0 fully saturated rings. The van der Waals surface area contributed by atoms with Crippen LogP contribution in [-0.2, 0) is 33.6 Å². The van der Waals surface area contributed by atoms with Crippen molar-refractivity contribution in [1.29, 1.82) is 0 Å². The van der Waals surface area contributed by atoms with E-state index in [4.69, 9.17) is 28.7 Å². The Balaban J connectivity index is 5.02. The maximum absolute atomic E-state index is 13.7. The molecular weight excluding hydrogens is 995 g/mol. The smallest absolute Gasteiger partial charge is 0.242 e. The molecule has 0 aliphatic carbocycles. The number of unbranched alkanes of at least 4 members (excludes halogenated alkanes) is 21. The molecule has 0 aliphatic heterocycles. The Morgan fingerprint density at radius 2 is 0.538 bits per heavy atom. The summed E-state index contributed by atoms with van der Waals surface area (Å²) in [5.74, 6) is -1.53. The first kappa shape index (κ1) is 74.0. The van der Waals surface area contributed by atoms with E-state index in [1.807, 2.05) is 0 Å². The number of nitrogens with one attached hydrogen (secondary N) is 7. The highest BCUT2D eigenvalue weighted by Gasteiger charge is 2.22. The summed E-state index contributed by atoms with van der Waals surface area (Å²) >= 11 is 0. The molecule has 0 rings (SSSR count). The van der Waals surface area contributed by atoms with E-state index in [-0.39, 0.29) is 68.2 Å². The van der Waals surface area contributed by atoms with Crippen molar-refractivity contribution in [2.24, 2.45) is 28.7 Å². The van der Waals surface area contributed by atoms with Crippen LogP contribution in [0.5, 0.6) is 0 Å². The van der Waals surface area contributed by atoms with Crippen molar-refractivity contribution in [1.82, 2.24) is 51.9 Å². The molecular formula is C56H115N15O7. The molecule has 7 amide bonds. The maximum atomic E-state index is 13.7. The molecule has 22 nitrogen and oxygen atoms in total. The van der Waals surface area contributed by atoms with Gasteiger partial charge in [-0.15, -0.1) is 0 Å². The van der Waals surface area contributed by atoms with Gasteiger partial charge in [0.2, 0.25) is 41.4 Å². The molecule has 0 saturated carbocycles. The van der Waals surface area contributed by atoms with Gasteiger partial charge in [-0.1, -0.05) is 89.9 Å². The summed E-state index contributed by atoms with van der Waals surface area (Å²) in [5.41, 5.74) is 27.9. The molecule has 22 heteroatoms. The summed E-state index contributed by atoms with van der Waals surface area (Å²) in [5, 5.41) is 21.7. The summed E-state index contributed by atoms with van der Waals surface area (Å²) in [6.07, 6.45) is 25.8. The van der Waals surface area contributed by atoms with Crippen LogP contribution in [0.1, 0.15) is 180 Å². The Labute approximate surface area is 471 Å². The van der Waals surface area contributed by atoms with Crippen molar-refractivity contribution in [3.63, 3.8) is 0 Å². The number of amides is 7. The van der Waals surface area contributed by atoms with E-state index in [0.29, 0.717) is 111 Å². The standard InChI is InChI=1S/C56H115N15O7/c57-29-15-1-5-19-33-62-43-51(73)66-37-23-9-13-27-41-70(54(76)45-64-35-21-7-3-17-31-59)48-53(75)68-39-25-11-12-26-40-69(47-50(61)72)56(78)49-71(55(77)46-65-36-22-8-4-18-32-60)42-28-14-10-24-38-67-52(74)44-63-34-20-6-2-16-30-58/h62-65H,1-49,57-60H2,(H2,61,72)(H,66,73)(H,67,74)(H,68,75). The van der Waals surface area contributed by atoms with E-state index in [0.717, 1.165) is 174 Å². The van der Waals surface area contributed by atoms with Crippen LogP contribution in [0.2, 0.25) is 0 Å². The van der Waals surface area contributed by atoms with Crippen LogP contribution < -0.4 is 65.9 Å². The van der Waals surface area contributed by atoms with Gasteiger partial charge in [0.1, 0.15) is 0 Å². The molecule has 0 spiro atoms. The minimum absolute atomic E-state index is 0.0113. The second kappa shape index (κ2) is 56.3. The summed E-state index contributed by atoms with van der Waals surface area (Å²) in [6.45, 7) is 8.95. The minimum Gasteiger partial charge on any atom is -0.368 e. The molecule has 0 unspecified atom stereocenters. The highest BCUT2D eigenvalue weighted by molar-refractivity contribution is 5.88. The molecule has 0 aromatic carbocycles. The highest BCUT2D eigenvalue weighted by atomic mass is 16.2. The second-order valence-electron chi connectivity index (χ2n) is 20.7. The second-order valence-corrected chi connectivity index (χ2v) is 20.7. The zero-order chi connectivity index (χ0) is 57.4. The first-order chi connectivity index (χ1) is 38.0. The van der Waals surface area contributed by atoms with Crippen LogP contribution in [0.15, 0.2) is 0 Å². The number of nitrogens with zero attached hydrogens (tertiary/aromatic N) is 3. The lowest BCUT2D eigenvalue weighted by atomic mass is 10.1. The topological polar surface area (TPSA) is 344 Å². The molecule has 0 aromatic heterocycles. The van der Waals surface area contributed by atoms with Crippen molar-refractivity contribution in [3.05, 3.63) is 0 Å². The van der Waals surface area contributed by atoms with Crippen LogP contribution in [0.25, 0.3) is 0 Å². The minimum atomic E-state index is -0.631. The molecule has 0 radical (unpaired) electrons. The van der Waals surface area contributed by atoms with E-state index in [1.54, 1.807) is 9.80 Å². The maximum Gasteiger partial charge on any atom is 0.242 e. The Morgan fingerprint density at radius 1 is 0.269 bits per heavy atom. The van der Waals surface area contributed by atoms with E-state index < -0.39 is 5.91 Å². The fourth-order valence-corrected chi connectivity index (χ4v) is 8.72. The fourth-order valence-electron chi connectivity index (χ4n) is 8.72. The Morgan fingerprint density at radius 3 is 0.872 bits per heavy atom. The van der Waals surface area contributed by atoms with Gasteiger partial charge in [-0.05, 0) is 142 Å². The summed E-state index contributed by atoms with van der Waals surface area (Å²) < 4.78 is 0. The zero-order valence-electron chi connectivity index (χ0n) is 48.7. The monoisotopic (exact) mass is 1110 g/mol. The first-order valence-electron chi connectivity index (χ1n) is 30.5. The number of nitrogens with two attached hydrogens (primary N) is 5. The zero-order valence-corrected chi connectivity index (χ0v) is 48.7. The van der Waals surface area contributed by atoms with E-state index in [1.165, 1.54) is 4.90 Å². The summed E-state index contributed by atoms with van der Waals surface area (Å²) in [6, 6.07) is 0. The molecule has 0 atom stereocenters. The number of hydrogen-bond acceptors (Lipinski definition) is 15. The van der Waals surface area contributed by atoms with E-state index >= 15 is 0 Å². The fraction of sp³-hybridized carbons (Fsp3) is 0.875. The molecule has 0 bridgehead atoms. The van der Waals surface area contributed by atoms with E-state index in [9.17, 15) is 33.6 Å². The predicted molar refractivity (Wildman–Crippen MR) is 315 cm³/mol. The lowest BCUT2D eigenvalue weighted by Gasteiger charge is -2.27. The largest absolute Gasteiger partial charge is 0.368 e. The Kier molecular flexibility index (Phi) is 53.3. The van der Waals surface area contributed by atoms with Crippen molar-refractivity contribution >= 4 is 41.4 Å². The molecule has 456 valence electrons. The van der Waals surface area contributed by atoms with Gasteiger partial charge in [0, 0.05) is 39.3 Å². The highest BCUT2D eigenvalue weighted by Crippen LogP contribution is 2.08. The molecule has 0 aliphatic rings. The van der Waals surface area contributed by atoms with Crippen molar-refractivity contribution in [2.45, 2.75) is 180 Å². The van der Waals surface area contributed by atoms with Gasteiger partial charge >= 0.3 is 0 Å². The number of carbonyl (C=O) groups excluding carboxylic acids is 7. The number of carbonyl (C=O) groups is 7. The lowest BCUT2D eigenvalue weighted by Crippen LogP contribution is -2.48. The summed E-state index contributed by atoms with van der Waals surface area (Å²) in [7, 11) is 0. The molecule has 0 saturated heterocycles. The average Bonchev–Trinajstić information content (AvgIpc) is 3.42. The summed E-state index contributed by atoms with van der Waals surface area (Å²) in [4.78, 5) is 94.8. The van der Waals surface area contributed by atoms with Crippen LogP contribution in [0.4, 0.5) is 0 Å². The number of rotatable bonds is 59. The van der Waals surface area contributed by atoms with Crippen molar-refractivity contribution in [3.8, 4) is 0 Å². The molecule has 17 N–H and O–H groups in total. The SMILES string of the molecule is NCCCCCCNCC(=O)NCCCCCCN(CC(=O)NCCCCCCN(CC(N)=O)C(=O)CN(CCCCCCNC(=O)CNCCCCCCN)C(=O)CNCCCCCCN)C(=O)CNCCCCCCN. The predicted octanol–water partition coefficient (Wildman–Crippen LogP) is 1.42. The molecule has 0 aromatic rings. The van der Waals surface area contributed by atoms with Gasteiger partial charge < -0.3 is 80.6 Å². The van der Waals surface area contributed by atoms with Crippen molar-refractivity contribution in [2.75, 3.05) is 137 Å². The quantitative estimate of drug-likeness (QED) is 0.0384. The van der Waals surface area contributed by atoms with E-state index in [2.05, 4.69) is 37.2 Å². The van der Waals surface area contributed by atoms with Crippen LogP contribution >= 0.6 is 0 Å². The van der Waals surface area contributed by atoms with Gasteiger partial charge in [0.05, 0.1) is 45.8 Å².